The Balaban J connectivity index is 1.12. The van der Waals surface area contributed by atoms with E-state index in [0.717, 1.165) is 31.1 Å². The van der Waals surface area contributed by atoms with Crippen LogP contribution in [0.4, 0.5) is 0 Å². The summed E-state index contributed by atoms with van der Waals surface area (Å²) in [6.45, 7) is 3.70. The van der Waals surface area contributed by atoms with Crippen LogP contribution >= 0.6 is 0 Å². The predicted molar refractivity (Wildman–Crippen MR) is 144 cm³/mol. The van der Waals surface area contributed by atoms with E-state index in [2.05, 4.69) is 35.2 Å². The van der Waals surface area contributed by atoms with Crippen LogP contribution in [-0.2, 0) is 6.42 Å². The molecule has 0 aliphatic carbocycles. The van der Waals surface area contributed by atoms with Crippen molar-refractivity contribution in [2.24, 2.45) is 5.92 Å². The summed E-state index contributed by atoms with van der Waals surface area (Å²) in [5.74, 6) is 3.34. The second-order valence-corrected chi connectivity index (χ2v) is 9.54. The van der Waals surface area contributed by atoms with Gasteiger partial charge in [0.15, 0.2) is 17.3 Å². The van der Waals surface area contributed by atoms with Crippen molar-refractivity contribution in [1.82, 2.24) is 4.90 Å². The largest absolute Gasteiger partial charge is 0.493 e. The lowest BCUT2D eigenvalue weighted by molar-refractivity contribution is 0.101. The zero-order valence-electron chi connectivity index (χ0n) is 21.4. The summed E-state index contributed by atoms with van der Waals surface area (Å²) in [7, 11) is 3.17. The number of methoxy groups -OCH3 is 2. The van der Waals surface area contributed by atoms with Gasteiger partial charge in [0, 0.05) is 12.6 Å². The fourth-order valence-electron chi connectivity index (χ4n) is 5.01. The summed E-state index contributed by atoms with van der Waals surface area (Å²) < 4.78 is 22.6. The lowest BCUT2D eigenvalue weighted by atomic mass is 9.90. The van der Waals surface area contributed by atoms with Crippen molar-refractivity contribution in [3.05, 3.63) is 89.2 Å². The Morgan fingerprint density at radius 1 is 0.946 bits per heavy atom. The number of ketones is 1. The number of fused-ring (bicyclic) bond motifs is 1. The molecule has 0 amide bonds. The van der Waals surface area contributed by atoms with E-state index >= 15 is 0 Å². The molecule has 37 heavy (non-hydrogen) atoms. The molecule has 6 nitrogen and oxygen atoms in total. The van der Waals surface area contributed by atoms with Gasteiger partial charge in [0.05, 0.1) is 19.8 Å². The molecule has 2 aliphatic rings. The summed E-state index contributed by atoms with van der Waals surface area (Å²) in [6.07, 6.45) is 5.32. The Labute approximate surface area is 218 Å². The Morgan fingerprint density at radius 3 is 2.49 bits per heavy atom. The van der Waals surface area contributed by atoms with Gasteiger partial charge >= 0.3 is 0 Å². The maximum Gasteiger partial charge on any atom is 0.231 e. The molecule has 0 spiro atoms. The van der Waals surface area contributed by atoms with Gasteiger partial charge in [-0.05, 0) is 79.7 Å². The van der Waals surface area contributed by atoms with Crippen molar-refractivity contribution >= 4 is 11.9 Å². The van der Waals surface area contributed by atoms with Crippen LogP contribution in [0.15, 0.2) is 72.5 Å². The maximum absolute atomic E-state index is 12.9. The normalized spacial score (nSPS) is 16.9. The molecule has 3 aromatic rings. The molecule has 3 aromatic carbocycles. The van der Waals surface area contributed by atoms with Crippen LogP contribution in [0.1, 0.15) is 34.3 Å². The van der Waals surface area contributed by atoms with E-state index < -0.39 is 0 Å². The maximum atomic E-state index is 12.9. The number of nitrogens with zero attached hydrogens (tertiary/aromatic N) is 1. The molecular weight excluding hydrogens is 466 g/mol. The smallest absolute Gasteiger partial charge is 0.231 e. The van der Waals surface area contributed by atoms with Crippen molar-refractivity contribution in [3.63, 3.8) is 0 Å². The third kappa shape index (κ3) is 5.97. The molecule has 192 valence electrons. The standard InChI is InChI=1S/C31H33NO5/c1-34-27-11-8-24(19-29(27)35-2)20-30-31(33)26-10-9-25(21-28(26)37-30)36-17-16-32-14-12-23(13-15-32)18-22-6-4-3-5-7-22/h3-11,19-21,23H,12-18H2,1-2H3/b30-20-. The van der Waals surface area contributed by atoms with Crippen LogP contribution in [0.25, 0.3) is 6.08 Å². The zero-order valence-corrected chi connectivity index (χ0v) is 21.4. The number of benzene rings is 3. The number of hydrogen-bond donors (Lipinski definition) is 0. The second-order valence-electron chi connectivity index (χ2n) is 9.54. The van der Waals surface area contributed by atoms with Gasteiger partial charge in [-0.1, -0.05) is 36.4 Å². The number of carbonyl (C=O) groups is 1. The number of likely N-dealkylation sites (tertiary alicyclic amines) is 1. The number of hydrogen-bond acceptors (Lipinski definition) is 6. The first-order valence-electron chi connectivity index (χ1n) is 12.8. The number of Topliss-reactive ketones (excluding diaryl/α,β-unsaturated/α-hetero) is 1. The highest BCUT2D eigenvalue weighted by molar-refractivity contribution is 6.14. The van der Waals surface area contributed by atoms with Gasteiger partial charge in [0.2, 0.25) is 5.78 Å². The molecule has 0 radical (unpaired) electrons. The first kappa shape index (κ1) is 24.9. The fourth-order valence-corrected chi connectivity index (χ4v) is 5.01. The van der Waals surface area contributed by atoms with Gasteiger partial charge in [0.25, 0.3) is 0 Å². The molecule has 1 fully saturated rings. The van der Waals surface area contributed by atoms with Gasteiger partial charge in [-0.2, -0.15) is 0 Å². The quantitative estimate of drug-likeness (QED) is 0.355. The number of piperidine rings is 1. The van der Waals surface area contributed by atoms with Crippen LogP contribution in [-0.4, -0.2) is 51.1 Å². The molecular formula is C31H33NO5. The summed E-state index contributed by atoms with van der Waals surface area (Å²) in [5, 5.41) is 0. The van der Waals surface area contributed by atoms with Gasteiger partial charge in [0.1, 0.15) is 18.1 Å². The molecule has 2 heterocycles. The molecule has 1 saturated heterocycles. The molecule has 0 saturated carbocycles. The summed E-state index contributed by atoms with van der Waals surface area (Å²) in [5.41, 5.74) is 2.76. The van der Waals surface area contributed by atoms with Crippen molar-refractivity contribution in [3.8, 4) is 23.0 Å². The summed E-state index contributed by atoms with van der Waals surface area (Å²) >= 11 is 0. The van der Waals surface area contributed by atoms with Crippen LogP contribution < -0.4 is 18.9 Å². The molecule has 0 atom stereocenters. The van der Waals surface area contributed by atoms with Crippen molar-refractivity contribution in [1.29, 1.82) is 0 Å². The average molecular weight is 500 g/mol. The van der Waals surface area contributed by atoms with Crippen LogP contribution in [0.2, 0.25) is 0 Å². The average Bonchev–Trinajstić information content (AvgIpc) is 3.24. The number of allylic oxidation sites excluding steroid dienone is 1. The van der Waals surface area contributed by atoms with E-state index in [1.54, 1.807) is 38.5 Å². The Morgan fingerprint density at radius 2 is 1.73 bits per heavy atom. The van der Waals surface area contributed by atoms with E-state index in [9.17, 15) is 4.79 Å². The van der Waals surface area contributed by atoms with E-state index in [1.807, 2.05) is 18.2 Å². The lowest BCUT2D eigenvalue weighted by Gasteiger charge is -2.31. The molecule has 5 rings (SSSR count). The third-order valence-corrected chi connectivity index (χ3v) is 7.10. The topological polar surface area (TPSA) is 57.2 Å². The minimum absolute atomic E-state index is 0.144. The highest BCUT2D eigenvalue weighted by Crippen LogP contribution is 2.36. The second kappa shape index (κ2) is 11.5. The van der Waals surface area contributed by atoms with Crippen LogP contribution in [0.3, 0.4) is 0 Å². The van der Waals surface area contributed by atoms with E-state index in [1.165, 1.54) is 24.8 Å². The summed E-state index contributed by atoms with van der Waals surface area (Å²) in [6, 6.07) is 21.7. The highest BCUT2D eigenvalue weighted by Gasteiger charge is 2.28. The summed E-state index contributed by atoms with van der Waals surface area (Å²) in [4.78, 5) is 15.3. The van der Waals surface area contributed by atoms with Crippen molar-refractivity contribution in [2.75, 3.05) is 40.5 Å². The third-order valence-electron chi connectivity index (χ3n) is 7.10. The van der Waals surface area contributed by atoms with Gasteiger partial charge in [-0.3, -0.25) is 9.69 Å². The van der Waals surface area contributed by atoms with Gasteiger partial charge in [-0.25, -0.2) is 0 Å². The Hall–Kier alpha value is -3.77. The minimum atomic E-state index is -0.144. The van der Waals surface area contributed by atoms with Crippen LogP contribution in [0, 0.1) is 5.92 Å². The first-order chi connectivity index (χ1) is 18.1. The van der Waals surface area contributed by atoms with Crippen molar-refractivity contribution < 1.29 is 23.7 Å². The zero-order chi connectivity index (χ0) is 25.6. The molecule has 6 heteroatoms. The highest BCUT2D eigenvalue weighted by atomic mass is 16.5. The molecule has 0 aromatic heterocycles. The number of carbonyl (C=O) groups excluding carboxylic acids is 1. The van der Waals surface area contributed by atoms with Gasteiger partial charge in [-0.15, -0.1) is 0 Å². The Bertz CT molecular complexity index is 1260. The molecule has 0 N–H and O–H groups in total. The predicted octanol–water partition coefficient (Wildman–Crippen LogP) is 5.65. The minimum Gasteiger partial charge on any atom is -0.493 e. The Kier molecular flexibility index (Phi) is 7.76. The monoisotopic (exact) mass is 499 g/mol. The van der Waals surface area contributed by atoms with E-state index in [0.29, 0.717) is 35.2 Å². The lowest BCUT2D eigenvalue weighted by Crippen LogP contribution is -2.37. The number of ether oxygens (including phenoxy) is 4. The molecule has 2 aliphatic heterocycles. The van der Waals surface area contributed by atoms with Gasteiger partial charge < -0.3 is 18.9 Å². The fraction of sp³-hybridized carbons (Fsp3) is 0.323. The first-order valence-corrected chi connectivity index (χ1v) is 12.8. The molecule has 0 unspecified atom stereocenters. The van der Waals surface area contributed by atoms with E-state index in [-0.39, 0.29) is 11.5 Å². The van der Waals surface area contributed by atoms with Crippen molar-refractivity contribution in [2.45, 2.75) is 19.3 Å². The number of rotatable bonds is 9. The molecule has 0 bridgehead atoms. The SMILES string of the molecule is COc1ccc(/C=C2\Oc3cc(OCCN4CCC(Cc5ccccc5)CC4)ccc3C2=O)cc1OC. The van der Waals surface area contributed by atoms with E-state index in [4.69, 9.17) is 18.9 Å². The van der Waals surface area contributed by atoms with Crippen LogP contribution in [0.5, 0.6) is 23.0 Å².